The molecule has 0 amide bonds. The Labute approximate surface area is 116 Å². The van der Waals surface area contributed by atoms with E-state index in [1.54, 1.807) is 6.33 Å². The lowest BCUT2D eigenvalue weighted by atomic mass is 10.2. The van der Waals surface area contributed by atoms with E-state index in [1.165, 1.54) is 0 Å². The Morgan fingerprint density at radius 1 is 1.21 bits per heavy atom. The monoisotopic (exact) mass is 266 g/mol. The highest BCUT2D eigenvalue weighted by Crippen LogP contribution is 2.19. The van der Waals surface area contributed by atoms with Crippen LogP contribution in [0.2, 0.25) is 0 Å². The van der Waals surface area contributed by atoms with Crippen molar-refractivity contribution in [2.24, 2.45) is 0 Å². The van der Waals surface area contributed by atoms with Crippen molar-refractivity contribution in [2.75, 3.05) is 30.8 Å². The van der Waals surface area contributed by atoms with Crippen LogP contribution in [-0.2, 0) is 11.2 Å². The SMILES string of the molecule is CCc1c(NC)ncnc1NCCCCOC(C)C. The average Bonchev–Trinajstić information content (AvgIpc) is 2.41. The molecule has 0 radical (unpaired) electrons. The lowest BCUT2D eigenvalue weighted by Gasteiger charge is -2.13. The summed E-state index contributed by atoms with van der Waals surface area (Å²) in [6.45, 7) is 7.97. The second-order valence-corrected chi connectivity index (χ2v) is 4.71. The van der Waals surface area contributed by atoms with Gasteiger partial charge >= 0.3 is 0 Å². The van der Waals surface area contributed by atoms with E-state index in [1.807, 2.05) is 7.05 Å². The van der Waals surface area contributed by atoms with Crippen molar-refractivity contribution in [3.8, 4) is 0 Å². The van der Waals surface area contributed by atoms with Gasteiger partial charge in [0.1, 0.15) is 18.0 Å². The quantitative estimate of drug-likeness (QED) is 0.673. The fraction of sp³-hybridized carbons (Fsp3) is 0.714. The molecule has 0 aromatic carbocycles. The zero-order valence-corrected chi connectivity index (χ0v) is 12.5. The zero-order valence-electron chi connectivity index (χ0n) is 12.5. The summed E-state index contributed by atoms with van der Waals surface area (Å²) in [6.07, 6.45) is 4.97. The lowest BCUT2D eigenvalue weighted by Crippen LogP contribution is -2.10. The van der Waals surface area contributed by atoms with Crippen molar-refractivity contribution in [1.29, 1.82) is 0 Å². The van der Waals surface area contributed by atoms with E-state index in [-0.39, 0.29) is 0 Å². The van der Waals surface area contributed by atoms with Gasteiger partial charge in [-0.05, 0) is 33.1 Å². The Morgan fingerprint density at radius 3 is 2.58 bits per heavy atom. The maximum Gasteiger partial charge on any atom is 0.134 e. The molecule has 1 rings (SSSR count). The summed E-state index contributed by atoms with van der Waals surface area (Å²) in [7, 11) is 1.88. The Balaban J connectivity index is 2.37. The minimum atomic E-state index is 0.319. The third-order valence-corrected chi connectivity index (χ3v) is 2.85. The molecule has 0 aliphatic rings. The van der Waals surface area contributed by atoms with Crippen molar-refractivity contribution >= 4 is 11.6 Å². The van der Waals surface area contributed by atoms with E-state index < -0.39 is 0 Å². The summed E-state index contributed by atoms with van der Waals surface area (Å²) in [5.74, 6) is 1.84. The molecule has 0 aliphatic carbocycles. The zero-order chi connectivity index (χ0) is 14.1. The van der Waals surface area contributed by atoms with Gasteiger partial charge in [-0.2, -0.15) is 0 Å². The molecular formula is C14H26N4O. The molecular weight excluding hydrogens is 240 g/mol. The predicted molar refractivity (Wildman–Crippen MR) is 79.8 cm³/mol. The third-order valence-electron chi connectivity index (χ3n) is 2.85. The number of hydrogen-bond acceptors (Lipinski definition) is 5. The maximum absolute atomic E-state index is 5.51. The number of anilines is 2. The Bertz CT molecular complexity index is 368. The van der Waals surface area contributed by atoms with Gasteiger partial charge in [0, 0.05) is 25.8 Å². The molecule has 0 saturated carbocycles. The van der Waals surface area contributed by atoms with Crippen LogP contribution in [0.4, 0.5) is 11.6 Å². The number of aromatic nitrogens is 2. The number of nitrogens with one attached hydrogen (secondary N) is 2. The molecule has 0 unspecified atom stereocenters. The highest BCUT2D eigenvalue weighted by molar-refractivity contribution is 5.56. The molecule has 0 spiro atoms. The molecule has 19 heavy (non-hydrogen) atoms. The number of rotatable bonds is 9. The van der Waals surface area contributed by atoms with Gasteiger partial charge in [0.05, 0.1) is 6.10 Å². The number of unbranched alkanes of at least 4 members (excludes halogenated alkanes) is 1. The van der Waals surface area contributed by atoms with Crippen LogP contribution >= 0.6 is 0 Å². The maximum atomic E-state index is 5.51. The van der Waals surface area contributed by atoms with Crippen molar-refractivity contribution in [1.82, 2.24) is 9.97 Å². The Kier molecular flexibility index (Phi) is 7.18. The van der Waals surface area contributed by atoms with Gasteiger partial charge in [-0.25, -0.2) is 9.97 Å². The van der Waals surface area contributed by atoms with Crippen molar-refractivity contribution in [2.45, 2.75) is 46.1 Å². The van der Waals surface area contributed by atoms with Gasteiger partial charge in [-0.3, -0.25) is 0 Å². The summed E-state index contributed by atoms with van der Waals surface area (Å²) in [6, 6.07) is 0. The molecule has 0 saturated heterocycles. The van der Waals surface area contributed by atoms with Crippen LogP contribution in [0.5, 0.6) is 0 Å². The second-order valence-electron chi connectivity index (χ2n) is 4.71. The second kappa shape index (κ2) is 8.69. The Morgan fingerprint density at radius 2 is 1.95 bits per heavy atom. The summed E-state index contributed by atoms with van der Waals surface area (Å²) in [5, 5.41) is 6.48. The highest BCUT2D eigenvalue weighted by Gasteiger charge is 2.07. The third kappa shape index (κ3) is 5.42. The molecule has 1 aromatic heterocycles. The van der Waals surface area contributed by atoms with Gasteiger partial charge in [0.15, 0.2) is 0 Å². The molecule has 5 nitrogen and oxygen atoms in total. The molecule has 0 fully saturated rings. The smallest absolute Gasteiger partial charge is 0.134 e. The van der Waals surface area contributed by atoms with E-state index >= 15 is 0 Å². The summed E-state index contributed by atoms with van der Waals surface area (Å²) < 4.78 is 5.51. The number of hydrogen-bond donors (Lipinski definition) is 2. The van der Waals surface area contributed by atoms with Crippen LogP contribution in [0, 0.1) is 0 Å². The molecule has 0 atom stereocenters. The summed E-state index contributed by atoms with van der Waals surface area (Å²) in [5.41, 5.74) is 1.14. The first-order valence-corrected chi connectivity index (χ1v) is 7.06. The van der Waals surface area contributed by atoms with Crippen LogP contribution in [-0.4, -0.2) is 36.3 Å². The molecule has 1 heterocycles. The lowest BCUT2D eigenvalue weighted by molar-refractivity contribution is 0.0765. The predicted octanol–water partition coefficient (Wildman–Crippen LogP) is 2.70. The van der Waals surface area contributed by atoms with Gasteiger partial charge in [-0.15, -0.1) is 0 Å². The fourth-order valence-electron chi connectivity index (χ4n) is 1.87. The summed E-state index contributed by atoms with van der Waals surface area (Å²) >= 11 is 0. The first kappa shape index (κ1) is 15.7. The number of nitrogens with zero attached hydrogens (tertiary/aromatic N) is 2. The van der Waals surface area contributed by atoms with E-state index in [2.05, 4.69) is 41.4 Å². The van der Waals surface area contributed by atoms with E-state index in [4.69, 9.17) is 4.74 Å². The van der Waals surface area contributed by atoms with Gasteiger partial charge in [0.25, 0.3) is 0 Å². The van der Waals surface area contributed by atoms with E-state index in [0.717, 1.165) is 49.6 Å². The minimum absolute atomic E-state index is 0.319. The number of ether oxygens (including phenoxy) is 1. The average molecular weight is 266 g/mol. The molecule has 0 aliphatic heterocycles. The summed E-state index contributed by atoms with van der Waals surface area (Å²) in [4.78, 5) is 8.53. The molecule has 0 bridgehead atoms. The van der Waals surface area contributed by atoms with Crippen LogP contribution in [0.3, 0.4) is 0 Å². The normalized spacial score (nSPS) is 10.8. The standard InChI is InChI=1S/C14H26N4O/c1-5-12-13(15-4)17-10-18-14(12)16-8-6-7-9-19-11(2)3/h10-11H,5-9H2,1-4H3,(H2,15,16,17,18). The van der Waals surface area contributed by atoms with Gasteiger partial charge < -0.3 is 15.4 Å². The van der Waals surface area contributed by atoms with Crippen LogP contribution < -0.4 is 10.6 Å². The largest absolute Gasteiger partial charge is 0.379 e. The van der Waals surface area contributed by atoms with E-state index in [9.17, 15) is 0 Å². The fourth-order valence-corrected chi connectivity index (χ4v) is 1.87. The van der Waals surface area contributed by atoms with Crippen LogP contribution in [0.25, 0.3) is 0 Å². The molecule has 5 heteroatoms. The molecule has 1 aromatic rings. The van der Waals surface area contributed by atoms with Crippen molar-refractivity contribution in [3.63, 3.8) is 0 Å². The van der Waals surface area contributed by atoms with Crippen molar-refractivity contribution < 1.29 is 4.74 Å². The molecule has 108 valence electrons. The first-order chi connectivity index (χ1) is 9.19. The highest BCUT2D eigenvalue weighted by atomic mass is 16.5. The minimum Gasteiger partial charge on any atom is -0.379 e. The topological polar surface area (TPSA) is 59.1 Å². The molecule has 2 N–H and O–H groups in total. The van der Waals surface area contributed by atoms with Gasteiger partial charge in [0.2, 0.25) is 0 Å². The first-order valence-electron chi connectivity index (χ1n) is 7.06. The van der Waals surface area contributed by atoms with Gasteiger partial charge in [-0.1, -0.05) is 6.92 Å². The van der Waals surface area contributed by atoms with Crippen molar-refractivity contribution in [3.05, 3.63) is 11.9 Å². The van der Waals surface area contributed by atoms with Crippen LogP contribution in [0.1, 0.15) is 39.2 Å². The van der Waals surface area contributed by atoms with Crippen LogP contribution in [0.15, 0.2) is 6.33 Å². The Hall–Kier alpha value is -1.36. The van der Waals surface area contributed by atoms with E-state index in [0.29, 0.717) is 6.10 Å².